The van der Waals surface area contributed by atoms with E-state index >= 15 is 0 Å². The third-order valence-electron chi connectivity index (χ3n) is 3.38. The molecule has 1 atom stereocenters. The van der Waals surface area contributed by atoms with Crippen molar-refractivity contribution in [2.45, 2.75) is 26.8 Å². The van der Waals surface area contributed by atoms with Gasteiger partial charge in [0.25, 0.3) is 5.91 Å². The second kappa shape index (κ2) is 6.79. The van der Waals surface area contributed by atoms with Crippen molar-refractivity contribution in [1.82, 2.24) is 10.2 Å². The van der Waals surface area contributed by atoms with Crippen molar-refractivity contribution >= 4 is 23.2 Å². The van der Waals surface area contributed by atoms with Gasteiger partial charge in [0.15, 0.2) is 5.76 Å². The van der Waals surface area contributed by atoms with E-state index in [-0.39, 0.29) is 30.2 Å². The summed E-state index contributed by atoms with van der Waals surface area (Å²) in [6, 6.07) is 5.23. The highest BCUT2D eigenvalue weighted by molar-refractivity contribution is 7.12. The number of carbonyl (C=O) groups excluding carboxylic acids is 2. The molecule has 22 heavy (non-hydrogen) atoms. The third kappa shape index (κ3) is 3.76. The van der Waals surface area contributed by atoms with Crippen LogP contribution in [0.25, 0.3) is 0 Å². The van der Waals surface area contributed by atoms with E-state index in [0.717, 1.165) is 5.56 Å². The summed E-state index contributed by atoms with van der Waals surface area (Å²) in [5.74, 6) is -0.277. The molecule has 0 aromatic carbocycles. The van der Waals surface area contributed by atoms with E-state index in [0.29, 0.717) is 0 Å². The Labute approximate surface area is 133 Å². The first kappa shape index (κ1) is 16.3. The van der Waals surface area contributed by atoms with E-state index in [1.54, 1.807) is 30.5 Å². The molecule has 2 rings (SSSR count). The summed E-state index contributed by atoms with van der Waals surface area (Å²) in [7, 11) is 1.58. The molecule has 0 aliphatic rings. The van der Waals surface area contributed by atoms with E-state index in [9.17, 15) is 9.59 Å². The number of hydrogen-bond acceptors (Lipinski definition) is 4. The van der Waals surface area contributed by atoms with Gasteiger partial charge in [0, 0.05) is 16.8 Å². The smallest absolute Gasteiger partial charge is 0.289 e. The Morgan fingerprint density at radius 3 is 2.68 bits per heavy atom. The molecule has 118 valence electrons. The minimum atomic E-state index is -0.310. The van der Waals surface area contributed by atoms with Crippen LogP contribution in [0.3, 0.4) is 0 Å². The first-order valence-corrected chi connectivity index (χ1v) is 7.85. The molecule has 0 saturated heterocycles. The van der Waals surface area contributed by atoms with Crippen LogP contribution in [0.5, 0.6) is 0 Å². The fourth-order valence-electron chi connectivity index (χ4n) is 2.32. The lowest BCUT2D eigenvalue weighted by Crippen LogP contribution is -2.39. The minimum absolute atomic E-state index is 0.00790. The zero-order chi connectivity index (χ0) is 16.3. The summed E-state index contributed by atoms with van der Waals surface area (Å²) in [5.41, 5.74) is 1.12. The van der Waals surface area contributed by atoms with Gasteiger partial charge in [-0.15, -0.1) is 11.3 Å². The highest BCUT2D eigenvalue weighted by Crippen LogP contribution is 2.26. The summed E-state index contributed by atoms with van der Waals surface area (Å²) in [6.45, 7) is 6.03. The van der Waals surface area contributed by atoms with E-state index in [1.165, 1.54) is 20.9 Å². The second-order valence-electron chi connectivity index (χ2n) is 5.30. The molecule has 0 bridgehead atoms. The Morgan fingerprint density at radius 1 is 1.41 bits per heavy atom. The number of nitrogens with zero attached hydrogens (tertiary/aromatic N) is 1. The first-order chi connectivity index (χ1) is 10.4. The van der Waals surface area contributed by atoms with Crippen LogP contribution in [-0.2, 0) is 4.79 Å². The van der Waals surface area contributed by atoms with Crippen molar-refractivity contribution in [2.24, 2.45) is 0 Å². The molecule has 2 aromatic rings. The Bertz CT molecular complexity index is 661. The van der Waals surface area contributed by atoms with Gasteiger partial charge in [-0.05, 0) is 44.5 Å². The lowest BCUT2D eigenvalue weighted by molar-refractivity contribution is -0.122. The minimum Gasteiger partial charge on any atom is -0.459 e. The van der Waals surface area contributed by atoms with Gasteiger partial charge in [-0.1, -0.05) is 0 Å². The number of nitrogens with one attached hydrogen (secondary N) is 1. The second-order valence-corrected chi connectivity index (χ2v) is 6.76. The van der Waals surface area contributed by atoms with E-state index < -0.39 is 0 Å². The summed E-state index contributed by atoms with van der Waals surface area (Å²) >= 11 is 1.71. The number of hydrogen-bond donors (Lipinski definition) is 1. The summed E-state index contributed by atoms with van der Waals surface area (Å²) in [5, 5.41) is 2.92. The van der Waals surface area contributed by atoms with Crippen molar-refractivity contribution in [3.8, 4) is 0 Å². The van der Waals surface area contributed by atoms with Gasteiger partial charge < -0.3 is 14.6 Å². The van der Waals surface area contributed by atoms with Gasteiger partial charge in [-0.3, -0.25) is 9.59 Å². The van der Waals surface area contributed by atoms with Crippen molar-refractivity contribution in [2.75, 3.05) is 13.6 Å². The Balaban J connectivity index is 1.92. The Morgan fingerprint density at radius 2 is 2.14 bits per heavy atom. The first-order valence-electron chi connectivity index (χ1n) is 7.03. The Kier molecular flexibility index (Phi) is 5.03. The van der Waals surface area contributed by atoms with Crippen LogP contribution >= 0.6 is 11.3 Å². The molecule has 2 aromatic heterocycles. The van der Waals surface area contributed by atoms with Crippen LogP contribution in [0.1, 0.15) is 38.8 Å². The number of aryl methyl sites for hydroxylation is 2. The summed E-state index contributed by atoms with van der Waals surface area (Å²) in [4.78, 5) is 27.9. The van der Waals surface area contributed by atoms with Crippen LogP contribution in [0.4, 0.5) is 0 Å². The maximum absolute atomic E-state index is 12.1. The molecule has 0 aliphatic carbocycles. The van der Waals surface area contributed by atoms with Gasteiger partial charge in [0.2, 0.25) is 5.91 Å². The zero-order valence-corrected chi connectivity index (χ0v) is 14.0. The molecular formula is C16H20N2O3S. The van der Waals surface area contributed by atoms with Gasteiger partial charge in [-0.25, -0.2) is 0 Å². The zero-order valence-electron chi connectivity index (χ0n) is 13.2. The predicted molar refractivity (Wildman–Crippen MR) is 86.0 cm³/mol. The lowest BCUT2D eigenvalue weighted by atomic mass is 10.1. The maximum Gasteiger partial charge on any atom is 0.289 e. The summed E-state index contributed by atoms with van der Waals surface area (Å²) < 4.78 is 5.05. The monoisotopic (exact) mass is 320 g/mol. The number of thiophene rings is 1. The van der Waals surface area contributed by atoms with Crippen LogP contribution in [0, 0.1) is 13.8 Å². The molecule has 2 amide bonds. The maximum atomic E-state index is 12.1. The van der Waals surface area contributed by atoms with Crippen LogP contribution < -0.4 is 5.32 Å². The normalized spacial score (nSPS) is 12.0. The van der Waals surface area contributed by atoms with Crippen LogP contribution in [-0.4, -0.2) is 30.3 Å². The molecule has 0 spiro atoms. The Hall–Kier alpha value is -2.08. The van der Waals surface area contributed by atoms with Gasteiger partial charge in [0.05, 0.1) is 18.8 Å². The molecule has 1 unspecified atom stereocenters. The van der Waals surface area contributed by atoms with Gasteiger partial charge in [-0.2, -0.15) is 0 Å². The largest absolute Gasteiger partial charge is 0.459 e. The van der Waals surface area contributed by atoms with E-state index in [4.69, 9.17) is 4.42 Å². The highest BCUT2D eigenvalue weighted by atomic mass is 32.1. The molecule has 6 heteroatoms. The number of likely N-dealkylation sites (N-methyl/N-ethyl adjacent to an activating group) is 1. The molecule has 0 aliphatic heterocycles. The van der Waals surface area contributed by atoms with Gasteiger partial charge >= 0.3 is 0 Å². The number of rotatable bonds is 5. The molecular weight excluding hydrogens is 300 g/mol. The van der Waals surface area contributed by atoms with Crippen molar-refractivity contribution in [3.63, 3.8) is 0 Å². The van der Waals surface area contributed by atoms with Gasteiger partial charge in [0.1, 0.15) is 0 Å². The number of furan rings is 1. The predicted octanol–water partition coefficient (Wildman–Crippen LogP) is 2.91. The molecule has 0 radical (unpaired) electrons. The number of amides is 2. The number of carbonyl (C=O) groups is 2. The standard InChI is InChI=1S/C16H20N2O3S/c1-10-8-13(12(3)22-10)11(2)17-15(19)9-18(4)16(20)14-6-5-7-21-14/h5-8,11H,9H2,1-4H3,(H,17,19). The summed E-state index contributed by atoms with van der Waals surface area (Å²) in [6.07, 6.45) is 1.44. The molecule has 0 fully saturated rings. The average molecular weight is 320 g/mol. The molecule has 2 heterocycles. The van der Waals surface area contributed by atoms with Crippen LogP contribution in [0.2, 0.25) is 0 Å². The fourth-order valence-corrected chi connectivity index (χ4v) is 3.34. The molecule has 0 saturated carbocycles. The van der Waals surface area contributed by atoms with E-state index in [1.807, 2.05) is 20.8 Å². The quantitative estimate of drug-likeness (QED) is 0.921. The highest BCUT2D eigenvalue weighted by Gasteiger charge is 2.19. The van der Waals surface area contributed by atoms with Crippen LogP contribution in [0.15, 0.2) is 28.9 Å². The topological polar surface area (TPSA) is 62.6 Å². The third-order valence-corrected chi connectivity index (χ3v) is 4.36. The SMILES string of the molecule is Cc1cc(C(C)NC(=O)CN(C)C(=O)c2ccco2)c(C)s1. The average Bonchev–Trinajstić information content (AvgIpc) is 3.07. The van der Waals surface area contributed by atoms with Crippen molar-refractivity contribution in [1.29, 1.82) is 0 Å². The van der Waals surface area contributed by atoms with Crippen molar-refractivity contribution < 1.29 is 14.0 Å². The van der Waals surface area contributed by atoms with E-state index in [2.05, 4.69) is 11.4 Å². The molecule has 1 N–H and O–H groups in total. The lowest BCUT2D eigenvalue weighted by Gasteiger charge is -2.18. The molecule has 5 nitrogen and oxygen atoms in total. The van der Waals surface area contributed by atoms with Crippen molar-refractivity contribution in [3.05, 3.63) is 45.5 Å². The fraction of sp³-hybridized carbons (Fsp3) is 0.375.